The van der Waals surface area contributed by atoms with Crippen LogP contribution in [-0.2, 0) is 12.8 Å². The van der Waals surface area contributed by atoms with Gasteiger partial charge in [-0.05, 0) is 73.4 Å². The Morgan fingerprint density at radius 3 is 2.11 bits per heavy atom. The highest BCUT2D eigenvalue weighted by molar-refractivity contribution is 6.31. The number of piperidine rings is 1. The fourth-order valence-corrected chi connectivity index (χ4v) is 5.50. The van der Waals surface area contributed by atoms with E-state index in [1.807, 2.05) is 27.7 Å². The molecule has 1 fully saturated rings. The van der Waals surface area contributed by atoms with Crippen LogP contribution in [0.2, 0.25) is 5.02 Å². The van der Waals surface area contributed by atoms with Gasteiger partial charge in [0.15, 0.2) is 0 Å². The molecule has 2 unspecified atom stereocenters. The van der Waals surface area contributed by atoms with Crippen LogP contribution in [0, 0.1) is 5.41 Å². The van der Waals surface area contributed by atoms with Gasteiger partial charge in [-0.1, -0.05) is 128 Å². The third kappa shape index (κ3) is 10.3. The van der Waals surface area contributed by atoms with E-state index in [0.29, 0.717) is 11.3 Å². The van der Waals surface area contributed by atoms with Crippen molar-refractivity contribution in [2.45, 2.75) is 112 Å². The van der Waals surface area contributed by atoms with Crippen molar-refractivity contribution in [1.82, 2.24) is 4.90 Å². The molecule has 35 heavy (non-hydrogen) atoms. The lowest BCUT2D eigenvalue weighted by molar-refractivity contribution is 0.138. The SMILES string of the molecule is CC.CC.CCCCC(C)(CC)C(CN1CCCCC1)c1ccc(CCc2ccccc2)c(Cl)c1. The highest BCUT2D eigenvalue weighted by Gasteiger charge is 2.35. The van der Waals surface area contributed by atoms with Crippen LogP contribution in [0.4, 0.5) is 0 Å². The maximum Gasteiger partial charge on any atom is 0.0440 e. The second kappa shape index (κ2) is 18.0. The second-order valence-corrected chi connectivity index (χ2v) is 10.3. The smallest absolute Gasteiger partial charge is 0.0440 e. The number of rotatable bonds is 11. The molecular formula is C33H54ClN. The maximum atomic E-state index is 6.87. The second-order valence-electron chi connectivity index (χ2n) is 9.86. The number of likely N-dealkylation sites (tertiary alicyclic amines) is 1. The van der Waals surface area contributed by atoms with Crippen LogP contribution >= 0.6 is 11.6 Å². The van der Waals surface area contributed by atoms with Gasteiger partial charge in [0.05, 0.1) is 0 Å². The lowest BCUT2D eigenvalue weighted by atomic mass is 9.68. The molecule has 1 nitrogen and oxygen atoms in total. The summed E-state index contributed by atoms with van der Waals surface area (Å²) in [5.41, 5.74) is 4.42. The van der Waals surface area contributed by atoms with E-state index in [4.69, 9.17) is 11.6 Å². The van der Waals surface area contributed by atoms with Crippen molar-refractivity contribution in [3.63, 3.8) is 0 Å². The summed E-state index contributed by atoms with van der Waals surface area (Å²) in [6.45, 7) is 18.9. The van der Waals surface area contributed by atoms with Crippen LogP contribution in [0.1, 0.15) is 116 Å². The predicted molar refractivity (Wildman–Crippen MR) is 159 cm³/mol. The summed E-state index contributed by atoms with van der Waals surface area (Å²) in [7, 11) is 0. The normalized spacial score (nSPS) is 16.2. The molecule has 1 saturated heterocycles. The molecule has 198 valence electrons. The van der Waals surface area contributed by atoms with Gasteiger partial charge in [0.25, 0.3) is 0 Å². The van der Waals surface area contributed by atoms with Crippen LogP contribution < -0.4 is 0 Å². The first-order valence-corrected chi connectivity index (χ1v) is 15.0. The summed E-state index contributed by atoms with van der Waals surface area (Å²) in [5.74, 6) is 0.544. The molecule has 0 aromatic heterocycles. The van der Waals surface area contributed by atoms with Crippen LogP contribution in [0.5, 0.6) is 0 Å². The lowest BCUT2D eigenvalue weighted by Gasteiger charge is -2.41. The van der Waals surface area contributed by atoms with Gasteiger partial charge in [0.1, 0.15) is 0 Å². The molecule has 0 radical (unpaired) electrons. The number of benzene rings is 2. The minimum absolute atomic E-state index is 0.322. The van der Waals surface area contributed by atoms with E-state index in [2.05, 4.69) is 74.2 Å². The summed E-state index contributed by atoms with van der Waals surface area (Å²) >= 11 is 6.87. The first-order chi connectivity index (χ1) is 17.1. The van der Waals surface area contributed by atoms with Gasteiger partial charge in [-0.25, -0.2) is 0 Å². The zero-order valence-electron chi connectivity index (χ0n) is 24.0. The summed E-state index contributed by atoms with van der Waals surface area (Å²) < 4.78 is 0. The Labute approximate surface area is 223 Å². The first-order valence-electron chi connectivity index (χ1n) is 14.6. The predicted octanol–water partition coefficient (Wildman–Crippen LogP) is 10.4. The van der Waals surface area contributed by atoms with Gasteiger partial charge < -0.3 is 4.90 Å². The van der Waals surface area contributed by atoms with E-state index in [1.165, 1.54) is 81.3 Å². The Bertz CT molecular complexity index is 781. The quantitative estimate of drug-likeness (QED) is 0.297. The average Bonchev–Trinajstić information content (AvgIpc) is 2.93. The molecule has 2 atom stereocenters. The van der Waals surface area contributed by atoms with E-state index >= 15 is 0 Å². The number of hydrogen-bond acceptors (Lipinski definition) is 1. The molecule has 0 N–H and O–H groups in total. The molecule has 0 amide bonds. The molecule has 1 aliphatic heterocycles. The highest BCUT2D eigenvalue weighted by atomic mass is 35.5. The van der Waals surface area contributed by atoms with Crippen molar-refractivity contribution in [3.8, 4) is 0 Å². The summed E-state index contributed by atoms with van der Waals surface area (Å²) in [6.07, 6.45) is 11.2. The van der Waals surface area contributed by atoms with Crippen molar-refractivity contribution in [1.29, 1.82) is 0 Å². The fourth-order valence-electron chi connectivity index (χ4n) is 5.21. The van der Waals surface area contributed by atoms with E-state index in [9.17, 15) is 0 Å². The van der Waals surface area contributed by atoms with Crippen molar-refractivity contribution in [2.24, 2.45) is 5.41 Å². The molecule has 2 heteroatoms. The minimum atomic E-state index is 0.322. The Balaban J connectivity index is 0.00000145. The van der Waals surface area contributed by atoms with Crippen molar-refractivity contribution in [2.75, 3.05) is 19.6 Å². The van der Waals surface area contributed by atoms with Gasteiger partial charge in [0.2, 0.25) is 0 Å². The third-order valence-electron chi connectivity index (χ3n) is 7.65. The molecule has 0 spiro atoms. The Morgan fingerprint density at radius 2 is 1.54 bits per heavy atom. The topological polar surface area (TPSA) is 3.24 Å². The fraction of sp³-hybridized carbons (Fsp3) is 0.636. The highest BCUT2D eigenvalue weighted by Crippen LogP contribution is 2.44. The van der Waals surface area contributed by atoms with E-state index in [0.717, 1.165) is 17.9 Å². The van der Waals surface area contributed by atoms with Crippen LogP contribution in [-0.4, -0.2) is 24.5 Å². The van der Waals surface area contributed by atoms with Crippen LogP contribution in [0.15, 0.2) is 48.5 Å². The Kier molecular flexibility index (Phi) is 16.3. The molecule has 1 heterocycles. The zero-order valence-corrected chi connectivity index (χ0v) is 24.8. The van der Waals surface area contributed by atoms with Gasteiger partial charge in [-0.2, -0.15) is 0 Å². The Morgan fingerprint density at radius 1 is 0.886 bits per heavy atom. The summed E-state index contributed by atoms with van der Waals surface area (Å²) in [5, 5.41) is 0.950. The van der Waals surface area contributed by atoms with Crippen molar-refractivity contribution < 1.29 is 0 Å². The molecule has 3 rings (SSSR count). The monoisotopic (exact) mass is 499 g/mol. The van der Waals surface area contributed by atoms with E-state index in [1.54, 1.807) is 0 Å². The number of aryl methyl sites for hydroxylation is 2. The molecule has 0 saturated carbocycles. The maximum absolute atomic E-state index is 6.87. The average molecular weight is 500 g/mol. The number of unbranched alkanes of at least 4 members (excludes halogenated alkanes) is 1. The molecule has 1 aliphatic rings. The molecular weight excluding hydrogens is 446 g/mol. The van der Waals surface area contributed by atoms with Gasteiger partial charge in [-0.3, -0.25) is 0 Å². The van der Waals surface area contributed by atoms with E-state index in [-0.39, 0.29) is 0 Å². The molecule has 2 aromatic carbocycles. The largest absolute Gasteiger partial charge is 0.303 e. The Hall–Kier alpha value is -1.31. The van der Waals surface area contributed by atoms with Crippen LogP contribution in [0.25, 0.3) is 0 Å². The first kappa shape index (κ1) is 31.7. The van der Waals surface area contributed by atoms with Gasteiger partial charge in [-0.15, -0.1) is 0 Å². The van der Waals surface area contributed by atoms with Crippen molar-refractivity contribution in [3.05, 3.63) is 70.2 Å². The number of halogens is 1. The standard InChI is InChI=1S/C29H42ClN.2C2H6/c1-4-6-19-29(3,5-2)27(23-31-20-11-8-12-21-31)26-18-17-25(28(30)22-26)16-15-24-13-9-7-10-14-24;2*1-2/h7,9-10,13-14,17-18,22,27H,4-6,8,11-12,15-16,19-21,23H2,1-3H3;2*1-2H3. The number of nitrogens with zero attached hydrogens (tertiary/aromatic N) is 1. The lowest BCUT2D eigenvalue weighted by Crippen LogP contribution is -2.39. The zero-order chi connectivity index (χ0) is 26.1. The van der Waals surface area contributed by atoms with Crippen molar-refractivity contribution >= 4 is 11.6 Å². The van der Waals surface area contributed by atoms with E-state index < -0.39 is 0 Å². The number of hydrogen-bond donors (Lipinski definition) is 0. The molecule has 2 aromatic rings. The summed E-state index contributed by atoms with van der Waals surface area (Å²) in [4.78, 5) is 2.71. The molecule has 0 aliphatic carbocycles. The van der Waals surface area contributed by atoms with Gasteiger partial charge >= 0.3 is 0 Å². The van der Waals surface area contributed by atoms with Gasteiger partial charge in [0, 0.05) is 17.5 Å². The van der Waals surface area contributed by atoms with Crippen LogP contribution in [0.3, 0.4) is 0 Å². The minimum Gasteiger partial charge on any atom is -0.303 e. The molecule has 0 bridgehead atoms. The third-order valence-corrected chi connectivity index (χ3v) is 8.00. The summed E-state index contributed by atoms with van der Waals surface area (Å²) in [6, 6.07) is 17.7.